The van der Waals surface area contributed by atoms with Gasteiger partial charge in [-0.1, -0.05) is 6.42 Å². The van der Waals surface area contributed by atoms with Gasteiger partial charge in [-0.05, 0) is 33.6 Å². The van der Waals surface area contributed by atoms with E-state index in [1.165, 1.54) is 0 Å². The highest BCUT2D eigenvalue weighted by atomic mass is 16.6. The van der Waals surface area contributed by atoms with Crippen molar-refractivity contribution < 1.29 is 29.0 Å². The van der Waals surface area contributed by atoms with Gasteiger partial charge in [-0.25, -0.2) is 0 Å². The number of carbonyl (C=O) groups excluding carboxylic acids is 3. The number of hydrogen-bond donors (Lipinski definition) is 3. The van der Waals surface area contributed by atoms with Gasteiger partial charge in [0.2, 0.25) is 11.8 Å². The summed E-state index contributed by atoms with van der Waals surface area (Å²) in [5, 5.41) is 13.5. The molecule has 0 atom stereocenters. The predicted molar refractivity (Wildman–Crippen MR) is 87.2 cm³/mol. The lowest BCUT2D eigenvalue weighted by Crippen LogP contribution is -2.37. The number of unbranched alkanes of at least 4 members (excludes halogenated alkanes) is 2. The Hall–Kier alpha value is -2.12. The van der Waals surface area contributed by atoms with Crippen LogP contribution in [0.2, 0.25) is 0 Å². The van der Waals surface area contributed by atoms with Crippen LogP contribution in [0.5, 0.6) is 0 Å². The van der Waals surface area contributed by atoms with Crippen LogP contribution in [0.1, 0.15) is 59.3 Å². The molecule has 3 N–H and O–H groups in total. The highest BCUT2D eigenvalue weighted by Crippen LogP contribution is 2.08. The van der Waals surface area contributed by atoms with Gasteiger partial charge in [0.25, 0.3) is 0 Å². The van der Waals surface area contributed by atoms with E-state index in [1.54, 1.807) is 20.8 Å². The number of carboxylic acid groups (broad SMARTS) is 1. The molecule has 8 heteroatoms. The van der Waals surface area contributed by atoms with E-state index in [0.717, 1.165) is 6.42 Å². The lowest BCUT2D eigenvalue weighted by Gasteiger charge is -2.19. The van der Waals surface area contributed by atoms with Gasteiger partial charge in [0.1, 0.15) is 5.60 Å². The molecule has 0 unspecified atom stereocenters. The van der Waals surface area contributed by atoms with Crippen LogP contribution in [-0.2, 0) is 23.9 Å². The smallest absolute Gasteiger partial charge is 0.306 e. The first-order valence-corrected chi connectivity index (χ1v) is 8.07. The lowest BCUT2D eigenvalue weighted by molar-refractivity contribution is -0.155. The molecule has 0 saturated heterocycles. The molecule has 0 fully saturated rings. The summed E-state index contributed by atoms with van der Waals surface area (Å²) in [5.74, 6) is -1.99. The Kier molecular flexibility index (Phi) is 10.4. The molecule has 0 radical (unpaired) electrons. The SMILES string of the molecule is CC(C)(C)OC(=O)CCC(=O)NCC(=O)NCCCCCC(=O)O. The maximum Gasteiger partial charge on any atom is 0.306 e. The van der Waals surface area contributed by atoms with E-state index in [2.05, 4.69) is 10.6 Å². The van der Waals surface area contributed by atoms with Crippen LogP contribution in [0, 0.1) is 0 Å². The first-order chi connectivity index (χ1) is 11.1. The van der Waals surface area contributed by atoms with Crippen molar-refractivity contribution in [2.24, 2.45) is 0 Å². The molecule has 0 spiro atoms. The van der Waals surface area contributed by atoms with Crippen molar-refractivity contribution in [1.82, 2.24) is 10.6 Å². The second kappa shape index (κ2) is 11.4. The van der Waals surface area contributed by atoms with E-state index in [1.807, 2.05) is 0 Å². The number of esters is 1. The van der Waals surface area contributed by atoms with Gasteiger partial charge in [-0.15, -0.1) is 0 Å². The average Bonchev–Trinajstić information content (AvgIpc) is 2.44. The molecular weight excluding hydrogens is 316 g/mol. The van der Waals surface area contributed by atoms with Gasteiger partial charge >= 0.3 is 11.9 Å². The number of rotatable bonds is 11. The van der Waals surface area contributed by atoms with Crippen molar-refractivity contribution >= 4 is 23.8 Å². The Morgan fingerprint density at radius 3 is 2.12 bits per heavy atom. The number of aliphatic carboxylic acids is 1. The van der Waals surface area contributed by atoms with Crippen LogP contribution in [0.4, 0.5) is 0 Å². The highest BCUT2D eigenvalue weighted by Gasteiger charge is 2.17. The molecule has 24 heavy (non-hydrogen) atoms. The van der Waals surface area contributed by atoms with E-state index < -0.39 is 23.4 Å². The molecule has 0 heterocycles. The second-order valence-corrected chi connectivity index (χ2v) is 6.42. The Balaban J connectivity index is 3.66. The third kappa shape index (κ3) is 14.8. The van der Waals surface area contributed by atoms with Gasteiger partial charge < -0.3 is 20.5 Å². The molecule has 0 aliphatic carbocycles. The zero-order valence-electron chi connectivity index (χ0n) is 14.6. The zero-order valence-corrected chi connectivity index (χ0v) is 14.6. The standard InChI is InChI=1S/C16H28N2O6/c1-16(2,3)24-15(23)9-8-12(19)18-11-13(20)17-10-6-4-5-7-14(21)22/h4-11H2,1-3H3,(H,17,20)(H,18,19)(H,21,22). The molecule has 2 amide bonds. The average molecular weight is 344 g/mol. The van der Waals surface area contributed by atoms with E-state index in [-0.39, 0.29) is 31.7 Å². The third-order valence-corrected chi connectivity index (χ3v) is 2.81. The fourth-order valence-electron chi connectivity index (χ4n) is 1.74. The molecule has 0 bridgehead atoms. The number of hydrogen-bond acceptors (Lipinski definition) is 5. The lowest BCUT2D eigenvalue weighted by atomic mass is 10.2. The molecule has 0 aromatic carbocycles. The Labute approximate surface area is 142 Å². The van der Waals surface area contributed by atoms with Crippen LogP contribution in [0.15, 0.2) is 0 Å². The number of carbonyl (C=O) groups is 4. The normalized spacial score (nSPS) is 10.8. The maximum absolute atomic E-state index is 11.5. The van der Waals surface area contributed by atoms with E-state index >= 15 is 0 Å². The van der Waals surface area contributed by atoms with E-state index in [9.17, 15) is 19.2 Å². The zero-order chi connectivity index (χ0) is 18.6. The Morgan fingerprint density at radius 1 is 0.875 bits per heavy atom. The van der Waals surface area contributed by atoms with Crippen molar-refractivity contribution in [3.05, 3.63) is 0 Å². The fraction of sp³-hybridized carbons (Fsp3) is 0.750. The molecule has 0 aromatic heterocycles. The van der Waals surface area contributed by atoms with E-state index in [0.29, 0.717) is 19.4 Å². The van der Waals surface area contributed by atoms with Crippen molar-refractivity contribution in [3.8, 4) is 0 Å². The Morgan fingerprint density at radius 2 is 1.54 bits per heavy atom. The van der Waals surface area contributed by atoms with Crippen molar-refractivity contribution in [1.29, 1.82) is 0 Å². The van der Waals surface area contributed by atoms with Crippen LogP contribution >= 0.6 is 0 Å². The maximum atomic E-state index is 11.5. The Bertz CT molecular complexity index is 442. The summed E-state index contributed by atoms with van der Waals surface area (Å²) in [7, 11) is 0. The number of amides is 2. The summed E-state index contributed by atoms with van der Waals surface area (Å²) in [6.45, 7) is 5.53. The van der Waals surface area contributed by atoms with Crippen molar-refractivity contribution in [3.63, 3.8) is 0 Å². The molecule has 0 aromatic rings. The van der Waals surface area contributed by atoms with Gasteiger partial charge in [0.15, 0.2) is 0 Å². The van der Waals surface area contributed by atoms with Gasteiger partial charge in [-0.2, -0.15) is 0 Å². The fourth-order valence-corrected chi connectivity index (χ4v) is 1.74. The molecule has 0 saturated carbocycles. The minimum atomic E-state index is -0.826. The second-order valence-electron chi connectivity index (χ2n) is 6.42. The van der Waals surface area contributed by atoms with Crippen molar-refractivity contribution in [2.45, 2.75) is 64.9 Å². The summed E-state index contributed by atoms with van der Waals surface area (Å²) < 4.78 is 5.08. The van der Waals surface area contributed by atoms with Crippen LogP contribution < -0.4 is 10.6 Å². The summed E-state index contributed by atoms with van der Waals surface area (Å²) in [5.41, 5.74) is -0.585. The largest absolute Gasteiger partial charge is 0.481 e. The van der Waals surface area contributed by atoms with Gasteiger partial charge in [0, 0.05) is 19.4 Å². The first kappa shape index (κ1) is 21.9. The van der Waals surface area contributed by atoms with Gasteiger partial charge in [0.05, 0.1) is 13.0 Å². The summed E-state index contributed by atoms with van der Waals surface area (Å²) in [6.07, 6.45) is 2.04. The highest BCUT2D eigenvalue weighted by molar-refractivity contribution is 5.86. The minimum Gasteiger partial charge on any atom is -0.481 e. The minimum absolute atomic E-state index is 0.0304. The van der Waals surface area contributed by atoms with Crippen LogP contribution in [-0.4, -0.2) is 47.6 Å². The monoisotopic (exact) mass is 344 g/mol. The quantitative estimate of drug-likeness (QED) is 0.379. The molecule has 0 rings (SSSR count). The molecular formula is C16H28N2O6. The van der Waals surface area contributed by atoms with E-state index in [4.69, 9.17) is 9.84 Å². The van der Waals surface area contributed by atoms with Crippen LogP contribution in [0.3, 0.4) is 0 Å². The predicted octanol–water partition coefficient (Wildman–Crippen LogP) is 0.986. The first-order valence-electron chi connectivity index (χ1n) is 8.07. The van der Waals surface area contributed by atoms with Gasteiger partial charge in [-0.3, -0.25) is 19.2 Å². The molecule has 0 aliphatic rings. The molecule has 0 aliphatic heterocycles. The number of carboxylic acids is 1. The van der Waals surface area contributed by atoms with Crippen molar-refractivity contribution in [2.75, 3.05) is 13.1 Å². The summed E-state index contributed by atoms with van der Waals surface area (Å²) in [6, 6.07) is 0. The van der Waals surface area contributed by atoms with Crippen LogP contribution in [0.25, 0.3) is 0 Å². The number of ether oxygens (including phenoxy) is 1. The molecule has 8 nitrogen and oxygen atoms in total. The number of nitrogens with one attached hydrogen (secondary N) is 2. The summed E-state index contributed by atoms with van der Waals surface area (Å²) in [4.78, 5) is 44.8. The topological polar surface area (TPSA) is 122 Å². The summed E-state index contributed by atoms with van der Waals surface area (Å²) >= 11 is 0. The molecule has 138 valence electrons. The third-order valence-electron chi connectivity index (χ3n) is 2.81.